The van der Waals surface area contributed by atoms with Gasteiger partial charge in [0.25, 0.3) is 0 Å². The van der Waals surface area contributed by atoms with Gasteiger partial charge in [0.1, 0.15) is 0 Å². The monoisotopic (exact) mass is 164 g/mol. The molecule has 1 spiro atoms. The van der Waals surface area contributed by atoms with Crippen LogP contribution in [0.25, 0.3) is 0 Å². The second-order valence-electron chi connectivity index (χ2n) is 4.25. The van der Waals surface area contributed by atoms with Crippen LogP contribution in [0.5, 0.6) is 0 Å². The first-order chi connectivity index (χ1) is 5.81. The lowest BCUT2D eigenvalue weighted by Crippen LogP contribution is -2.41. The smallest absolute Gasteiger partial charge is 0.202 e. The Morgan fingerprint density at radius 2 is 2.42 bits per heavy atom. The molecule has 0 aromatic heterocycles. The molecular weight excluding hydrogens is 152 g/mol. The van der Waals surface area contributed by atoms with E-state index in [1.54, 1.807) is 12.3 Å². The van der Waals surface area contributed by atoms with Crippen LogP contribution < -0.4 is 0 Å². The third-order valence-electron chi connectivity index (χ3n) is 3.71. The molecule has 2 fully saturated rings. The average Bonchev–Trinajstić information content (AvgIpc) is 2.69. The summed E-state index contributed by atoms with van der Waals surface area (Å²) in [7, 11) is 0. The molecule has 0 aromatic rings. The molecule has 0 saturated heterocycles. The van der Waals surface area contributed by atoms with Crippen LogP contribution in [-0.4, -0.2) is 11.4 Å². The molecule has 64 valence electrons. The highest BCUT2D eigenvalue weighted by atomic mass is 16.5. The molecule has 2 heteroatoms. The Morgan fingerprint density at radius 3 is 2.92 bits per heavy atom. The molecule has 0 aromatic carbocycles. The van der Waals surface area contributed by atoms with E-state index in [4.69, 9.17) is 4.74 Å². The quantitative estimate of drug-likeness (QED) is 0.544. The van der Waals surface area contributed by atoms with Gasteiger partial charge in [-0.25, -0.2) is 0 Å². The minimum atomic E-state index is -0.386. The summed E-state index contributed by atoms with van der Waals surface area (Å²) in [6, 6.07) is 0. The molecule has 0 amide bonds. The molecule has 3 rings (SSSR count). The van der Waals surface area contributed by atoms with Crippen LogP contribution >= 0.6 is 0 Å². The van der Waals surface area contributed by atoms with Crippen molar-refractivity contribution in [3.63, 3.8) is 0 Å². The molecule has 2 aliphatic carbocycles. The van der Waals surface area contributed by atoms with E-state index in [1.165, 1.54) is 19.3 Å². The van der Waals surface area contributed by atoms with Crippen LogP contribution in [0.1, 0.15) is 25.7 Å². The van der Waals surface area contributed by atoms with E-state index in [9.17, 15) is 4.79 Å². The van der Waals surface area contributed by atoms with Crippen molar-refractivity contribution >= 4 is 5.78 Å². The zero-order valence-electron chi connectivity index (χ0n) is 6.95. The highest BCUT2D eigenvalue weighted by Crippen LogP contribution is 2.54. The minimum Gasteiger partial charge on any atom is -0.486 e. The Balaban J connectivity index is 1.98. The van der Waals surface area contributed by atoms with Crippen molar-refractivity contribution in [3.8, 4) is 0 Å². The Hall–Kier alpha value is -0.790. The summed E-state index contributed by atoms with van der Waals surface area (Å²) in [6.07, 6.45) is 7.88. The number of hydrogen-bond acceptors (Lipinski definition) is 2. The molecule has 0 N–H and O–H groups in total. The van der Waals surface area contributed by atoms with Gasteiger partial charge in [-0.05, 0) is 31.6 Å². The second-order valence-corrected chi connectivity index (χ2v) is 4.25. The summed E-state index contributed by atoms with van der Waals surface area (Å²) >= 11 is 0. The first-order valence-electron chi connectivity index (χ1n) is 4.70. The molecule has 2 saturated carbocycles. The Morgan fingerprint density at radius 1 is 1.50 bits per heavy atom. The van der Waals surface area contributed by atoms with Crippen molar-refractivity contribution in [2.75, 3.05) is 0 Å². The van der Waals surface area contributed by atoms with Crippen molar-refractivity contribution in [2.24, 2.45) is 11.8 Å². The van der Waals surface area contributed by atoms with Crippen LogP contribution in [0.3, 0.4) is 0 Å². The molecule has 2 bridgehead atoms. The summed E-state index contributed by atoms with van der Waals surface area (Å²) in [6.45, 7) is 0. The van der Waals surface area contributed by atoms with Crippen molar-refractivity contribution in [1.29, 1.82) is 0 Å². The molecule has 3 aliphatic rings. The first kappa shape index (κ1) is 6.70. The molecule has 12 heavy (non-hydrogen) atoms. The van der Waals surface area contributed by atoms with Crippen LogP contribution in [0.15, 0.2) is 12.3 Å². The molecule has 1 heterocycles. The lowest BCUT2D eigenvalue weighted by molar-refractivity contribution is -0.134. The second kappa shape index (κ2) is 1.93. The van der Waals surface area contributed by atoms with Crippen molar-refractivity contribution in [1.82, 2.24) is 0 Å². The van der Waals surface area contributed by atoms with Crippen LogP contribution in [0, 0.1) is 11.8 Å². The summed E-state index contributed by atoms with van der Waals surface area (Å²) in [5.74, 6) is 1.50. The maximum absolute atomic E-state index is 11.6. The predicted molar refractivity (Wildman–Crippen MR) is 43.4 cm³/mol. The van der Waals surface area contributed by atoms with Crippen LogP contribution in [0.2, 0.25) is 0 Å². The summed E-state index contributed by atoms with van der Waals surface area (Å²) in [5.41, 5.74) is -0.386. The Labute approximate surface area is 71.6 Å². The van der Waals surface area contributed by atoms with Gasteiger partial charge >= 0.3 is 0 Å². The number of ketones is 1. The third kappa shape index (κ3) is 0.598. The van der Waals surface area contributed by atoms with E-state index < -0.39 is 0 Å². The minimum absolute atomic E-state index is 0.217. The number of fused-ring (bicyclic) bond motifs is 3. The molecule has 3 unspecified atom stereocenters. The predicted octanol–water partition coefficient (Wildman–Crippen LogP) is 1.66. The molecule has 0 radical (unpaired) electrons. The molecule has 3 atom stereocenters. The molecule has 1 aliphatic heterocycles. The van der Waals surface area contributed by atoms with E-state index in [1.807, 2.05) is 0 Å². The standard InChI is InChI=1S/C10H12O2/c11-9-3-4-12-10(9)6-7-1-2-8(10)5-7/h3-4,7-8H,1-2,5-6H2. The third-order valence-corrected chi connectivity index (χ3v) is 3.71. The number of hydrogen-bond donors (Lipinski definition) is 0. The van der Waals surface area contributed by atoms with Gasteiger partial charge in [0.15, 0.2) is 5.60 Å². The fourth-order valence-electron chi connectivity index (χ4n) is 3.14. The van der Waals surface area contributed by atoms with Gasteiger partial charge in [0, 0.05) is 12.0 Å². The fraction of sp³-hybridized carbons (Fsp3) is 0.700. The maximum atomic E-state index is 11.6. The van der Waals surface area contributed by atoms with E-state index in [2.05, 4.69) is 0 Å². The van der Waals surface area contributed by atoms with Gasteiger partial charge in [0.2, 0.25) is 5.78 Å². The van der Waals surface area contributed by atoms with Gasteiger partial charge in [-0.1, -0.05) is 0 Å². The first-order valence-corrected chi connectivity index (χ1v) is 4.70. The Bertz CT molecular complexity index is 269. The normalized spacial score (nSPS) is 49.2. The number of carbonyl (C=O) groups is 1. The van der Waals surface area contributed by atoms with E-state index in [0.717, 1.165) is 12.3 Å². The van der Waals surface area contributed by atoms with E-state index in [0.29, 0.717) is 5.92 Å². The zero-order chi connectivity index (χ0) is 8.18. The van der Waals surface area contributed by atoms with Gasteiger partial charge < -0.3 is 4.74 Å². The summed E-state index contributed by atoms with van der Waals surface area (Å²) < 4.78 is 5.52. The molecular formula is C10H12O2. The lowest BCUT2D eigenvalue weighted by Gasteiger charge is -2.30. The lowest BCUT2D eigenvalue weighted by atomic mass is 9.81. The van der Waals surface area contributed by atoms with Gasteiger partial charge in [-0.15, -0.1) is 0 Å². The largest absolute Gasteiger partial charge is 0.486 e. The maximum Gasteiger partial charge on any atom is 0.202 e. The number of ether oxygens (including phenoxy) is 1. The average molecular weight is 164 g/mol. The summed E-state index contributed by atoms with van der Waals surface area (Å²) in [5, 5.41) is 0. The fourth-order valence-corrected chi connectivity index (χ4v) is 3.14. The number of rotatable bonds is 0. The Kier molecular flexibility index (Phi) is 1.07. The van der Waals surface area contributed by atoms with E-state index in [-0.39, 0.29) is 11.4 Å². The van der Waals surface area contributed by atoms with Gasteiger partial charge in [0.05, 0.1) is 6.26 Å². The highest BCUT2D eigenvalue weighted by molar-refractivity contribution is 5.99. The van der Waals surface area contributed by atoms with Crippen molar-refractivity contribution in [3.05, 3.63) is 12.3 Å². The van der Waals surface area contributed by atoms with Crippen molar-refractivity contribution < 1.29 is 9.53 Å². The zero-order valence-corrected chi connectivity index (χ0v) is 6.95. The number of carbonyl (C=O) groups excluding carboxylic acids is 1. The SMILES string of the molecule is O=C1C=COC12CC1CCC2C1. The highest BCUT2D eigenvalue weighted by Gasteiger charge is 2.57. The molecule has 2 nitrogen and oxygen atoms in total. The van der Waals surface area contributed by atoms with Gasteiger partial charge in [-0.3, -0.25) is 4.79 Å². The van der Waals surface area contributed by atoms with Crippen molar-refractivity contribution in [2.45, 2.75) is 31.3 Å². The van der Waals surface area contributed by atoms with E-state index >= 15 is 0 Å². The van der Waals surface area contributed by atoms with Gasteiger partial charge in [-0.2, -0.15) is 0 Å². The summed E-state index contributed by atoms with van der Waals surface area (Å²) in [4.78, 5) is 11.6. The van der Waals surface area contributed by atoms with Crippen LogP contribution in [0.4, 0.5) is 0 Å². The van der Waals surface area contributed by atoms with Crippen LogP contribution in [-0.2, 0) is 9.53 Å². The topological polar surface area (TPSA) is 26.3 Å².